The van der Waals surface area contributed by atoms with Gasteiger partial charge in [-0.2, -0.15) is 0 Å². The summed E-state index contributed by atoms with van der Waals surface area (Å²) in [5.41, 5.74) is 0. The Labute approximate surface area is 91.3 Å². The highest BCUT2D eigenvalue weighted by molar-refractivity contribution is 4.74. The van der Waals surface area contributed by atoms with Crippen LogP contribution in [0.4, 0.5) is 0 Å². The molecule has 1 saturated heterocycles. The summed E-state index contributed by atoms with van der Waals surface area (Å²) in [4.78, 5) is 6.54. The SMILES string of the molecule is c1cn(CCNCCN2CCCC2)cn1. The molecular formula is C11H20N4. The van der Waals surface area contributed by atoms with Gasteiger partial charge in [-0.05, 0) is 25.9 Å². The summed E-state index contributed by atoms with van der Waals surface area (Å²) < 4.78 is 2.10. The Morgan fingerprint density at radius 1 is 1.13 bits per heavy atom. The van der Waals surface area contributed by atoms with E-state index in [1.54, 1.807) is 0 Å². The molecule has 0 unspecified atom stereocenters. The molecule has 0 bridgehead atoms. The van der Waals surface area contributed by atoms with Gasteiger partial charge in [0.05, 0.1) is 6.33 Å². The molecule has 1 aliphatic rings. The molecule has 0 aromatic carbocycles. The van der Waals surface area contributed by atoms with Crippen LogP contribution in [0.15, 0.2) is 18.7 Å². The summed E-state index contributed by atoms with van der Waals surface area (Å²) in [5, 5.41) is 3.46. The van der Waals surface area contributed by atoms with Gasteiger partial charge >= 0.3 is 0 Å². The van der Waals surface area contributed by atoms with Crippen LogP contribution >= 0.6 is 0 Å². The largest absolute Gasteiger partial charge is 0.336 e. The highest BCUT2D eigenvalue weighted by Gasteiger charge is 2.09. The molecule has 84 valence electrons. The van der Waals surface area contributed by atoms with E-state index in [9.17, 15) is 0 Å². The lowest BCUT2D eigenvalue weighted by molar-refractivity contribution is 0.335. The van der Waals surface area contributed by atoms with Crippen LogP contribution in [0.25, 0.3) is 0 Å². The molecule has 15 heavy (non-hydrogen) atoms. The highest BCUT2D eigenvalue weighted by Crippen LogP contribution is 2.05. The third-order valence-electron chi connectivity index (χ3n) is 2.91. The fourth-order valence-electron chi connectivity index (χ4n) is 2.00. The third kappa shape index (κ3) is 3.64. The standard InChI is InChI=1S/C11H20N4/c1-2-7-14(6-1)8-3-12-4-9-15-10-5-13-11-15/h5,10-12H,1-4,6-9H2. The number of hydrogen-bond donors (Lipinski definition) is 1. The number of imidazole rings is 1. The molecule has 1 aromatic rings. The molecule has 0 radical (unpaired) electrons. The second-order valence-corrected chi connectivity index (χ2v) is 4.10. The summed E-state index contributed by atoms with van der Waals surface area (Å²) in [5.74, 6) is 0. The Bertz CT molecular complexity index is 252. The van der Waals surface area contributed by atoms with Crippen LogP contribution in [-0.2, 0) is 6.54 Å². The summed E-state index contributed by atoms with van der Waals surface area (Å²) >= 11 is 0. The Morgan fingerprint density at radius 3 is 2.67 bits per heavy atom. The van der Waals surface area contributed by atoms with E-state index in [2.05, 4.69) is 19.8 Å². The van der Waals surface area contributed by atoms with Crippen molar-refractivity contribution in [2.75, 3.05) is 32.7 Å². The molecule has 1 N–H and O–H groups in total. The Kier molecular flexibility index (Phi) is 4.17. The lowest BCUT2D eigenvalue weighted by Gasteiger charge is -2.14. The number of likely N-dealkylation sites (tertiary alicyclic amines) is 1. The average Bonchev–Trinajstić information content (AvgIpc) is 2.88. The fraction of sp³-hybridized carbons (Fsp3) is 0.727. The predicted molar refractivity (Wildman–Crippen MR) is 60.8 cm³/mol. The number of nitrogens with one attached hydrogen (secondary N) is 1. The zero-order valence-corrected chi connectivity index (χ0v) is 9.23. The maximum atomic E-state index is 4.01. The Hall–Kier alpha value is -0.870. The molecule has 0 aliphatic carbocycles. The lowest BCUT2D eigenvalue weighted by atomic mass is 10.4. The molecule has 0 amide bonds. The van der Waals surface area contributed by atoms with Gasteiger partial charge in [0.15, 0.2) is 0 Å². The second-order valence-electron chi connectivity index (χ2n) is 4.10. The lowest BCUT2D eigenvalue weighted by Crippen LogP contribution is -2.31. The van der Waals surface area contributed by atoms with Crippen molar-refractivity contribution in [1.82, 2.24) is 19.8 Å². The molecule has 4 heteroatoms. The van der Waals surface area contributed by atoms with E-state index in [4.69, 9.17) is 0 Å². The molecule has 2 rings (SSSR count). The molecule has 0 spiro atoms. The van der Waals surface area contributed by atoms with E-state index in [-0.39, 0.29) is 0 Å². The number of nitrogens with zero attached hydrogens (tertiary/aromatic N) is 3. The van der Waals surface area contributed by atoms with Crippen LogP contribution in [0, 0.1) is 0 Å². The first-order valence-electron chi connectivity index (χ1n) is 5.84. The maximum absolute atomic E-state index is 4.01. The summed E-state index contributed by atoms with van der Waals surface area (Å²) in [6, 6.07) is 0. The van der Waals surface area contributed by atoms with Gasteiger partial charge in [-0.25, -0.2) is 4.98 Å². The van der Waals surface area contributed by atoms with Gasteiger partial charge in [0.2, 0.25) is 0 Å². The van der Waals surface area contributed by atoms with Crippen LogP contribution in [0.3, 0.4) is 0 Å². The van der Waals surface area contributed by atoms with Gasteiger partial charge in [-0.15, -0.1) is 0 Å². The van der Waals surface area contributed by atoms with Crippen molar-refractivity contribution in [3.8, 4) is 0 Å². The van der Waals surface area contributed by atoms with E-state index < -0.39 is 0 Å². The van der Waals surface area contributed by atoms with Crippen LogP contribution in [-0.4, -0.2) is 47.2 Å². The van der Waals surface area contributed by atoms with Crippen LogP contribution in [0.1, 0.15) is 12.8 Å². The van der Waals surface area contributed by atoms with Crippen LogP contribution in [0.2, 0.25) is 0 Å². The predicted octanol–water partition coefficient (Wildman–Crippen LogP) is 0.568. The zero-order chi connectivity index (χ0) is 10.3. The number of aromatic nitrogens is 2. The van der Waals surface area contributed by atoms with Gasteiger partial charge in [0.1, 0.15) is 0 Å². The summed E-state index contributed by atoms with van der Waals surface area (Å²) in [7, 11) is 0. The van der Waals surface area contributed by atoms with Crippen molar-refractivity contribution in [1.29, 1.82) is 0 Å². The maximum Gasteiger partial charge on any atom is 0.0946 e. The van der Waals surface area contributed by atoms with Gasteiger partial charge in [0.25, 0.3) is 0 Å². The van der Waals surface area contributed by atoms with E-state index in [0.717, 1.165) is 19.6 Å². The number of hydrogen-bond acceptors (Lipinski definition) is 3. The van der Waals surface area contributed by atoms with Crippen molar-refractivity contribution in [2.24, 2.45) is 0 Å². The smallest absolute Gasteiger partial charge is 0.0946 e. The second kappa shape index (κ2) is 5.88. The molecule has 1 aromatic heterocycles. The van der Waals surface area contributed by atoms with Crippen molar-refractivity contribution >= 4 is 0 Å². The Balaban J connectivity index is 1.48. The van der Waals surface area contributed by atoms with Gasteiger partial charge < -0.3 is 14.8 Å². The first-order valence-corrected chi connectivity index (χ1v) is 5.84. The fourth-order valence-corrected chi connectivity index (χ4v) is 2.00. The van der Waals surface area contributed by atoms with Crippen molar-refractivity contribution in [3.63, 3.8) is 0 Å². The molecule has 4 nitrogen and oxygen atoms in total. The van der Waals surface area contributed by atoms with Crippen LogP contribution < -0.4 is 5.32 Å². The van der Waals surface area contributed by atoms with E-state index in [0.29, 0.717) is 0 Å². The molecule has 0 saturated carbocycles. The molecule has 2 heterocycles. The average molecular weight is 208 g/mol. The van der Waals surface area contributed by atoms with E-state index >= 15 is 0 Å². The summed E-state index contributed by atoms with van der Waals surface area (Å²) in [6.45, 7) is 6.94. The first kappa shape index (κ1) is 10.6. The van der Waals surface area contributed by atoms with Gasteiger partial charge in [-0.1, -0.05) is 0 Å². The zero-order valence-electron chi connectivity index (χ0n) is 9.23. The van der Waals surface area contributed by atoms with E-state index in [1.807, 2.05) is 18.7 Å². The molecule has 1 aliphatic heterocycles. The topological polar surface area (TPSA) is 33.1 Å². The normalized spacial score (nSPS) is 17.3. The quantitative estimate of drug-likeness (QED) is 0.694. The monoisotopic (exact) mass is 208 g/mol. The van der Waals surface area contributed by atoms with Crippen LogP contribution in [0.5, 0.6) is 0 Å². The van der Waals surface area contributed by atoms with Gasteiger partial charge in [-0.3, -0.25) is 0 Å². The molecule has 1 fully saturated rings. The van der Waals surface area contributed by atoms with Crippen molar-refractivity contribution in [2.45, 2.75) is 19.4 Å². The summed E-state index contributed by atoms with van der Waals surface area (Å²) in [6.07, 6.45) is 8.46. The number of rotatable bonds is 6. The van der Waals surface area contributed by atoms with Gasteiger partial charge in [0, 0.05) is 38.6 Å². The Morgan fingerprint density at radius 2 is 1.93 bits per heavy atom. The minimum Gasteiger partial charge on any atom is -0.336 e. The minimum absolute atomic E-state index is 1.01. The molecular weight excluding hydrogens is 188 g/mol. The third-order valence-corrected chi connectivity index (χ3v) is 2.91. The van der Waals surface area contributed by atoms with E-state index in [1.165, 1.54) is 32.5 Å². The first-order chi connectivity index (χ1) is 7.45. The van der Waals surface area contributed by atoms with Crippen molar-refractivity contribution in [3.05, 3.63) is 18.7 Å². The van der Waals surface area contributed by atoms with Crippen molar-refractivity contribution < 1.29 is 0 Å². The minimum atomic E-state index is 1.01. The highest BCUT2D eigenvalue weighted by atomic mass is 15.2. The molecule has 0 atom stereocenters.